The van der Waals surface area contributed by atoms with Gasteiger partial charge in [-0.15, -0.1) is 0 Å². The van der Waals surface area contributed by atoms with Crippen LogP contribution in [-0.4, -0.2) is 13.2 Å². The van der Waals surface area contributed by atoms with Gasteiger partial charge in [-0.2, -0.15) is 8.78 Å². The lowest BCUT2D eigenvalue weighted by Gasteiger charge is -2.28. The zero-order chi connectivity index (χ0) is 11.3. The Bertz CT molecular complexity index is 287. The van der Waals surface area contributed by atoms with Crippen LogP contribution < -0.4 is 0 Å². The van der Waals surface area contributed by atoms with Gasteiger partial charge in [-0.1, -0.05) is 44.2 Å². The molecule has 0 heterocycles. The summed E-state index contributed by atoms with van der Waals surface area (Å²) in [5, 5.41) is 0. The quantitative estimate of drug-likeness (QED) is 0.727. The summed E-state index contributed by atoms with van der Waals surface area (Å²) in [5.74, 6) is 0. The number of halogens is 2. The largest absolute Gasteiger partial charge is 0.345 e. The van der Waals surface area contributed by atoms with Crippen LogP contribution in [0, 0.1) is 0 Å². The van der Waals surface area contributed by atoms with Crippen molar-refractivity contribution in [2.45, 2.75) is 32.3 Å². The van der Waals surface area contributed by atoms with Gasteiger partial charge >= 0.3 is 6.61 Å². The number of benzene rings is 1. The molecule has 0 radical (unpaired) electrons. The van der Waals surface area contributed by atoms with Crippen molar-refractivity contribution < 1.29 is 13.5 Å². The van der Waals surface area contributed by atoms with Gasteiger partial charge in [0.2, 0.25) is 0 Å². The van der Waals surface area contributed by atoms with Crippen LogP contribution >= 0.6 is 0 Å². The zero-order valence-electron chi connectivity index (χ0n) is 9.04. The molecule has 0 aliphatic rings. The summed E-state index contributed by atoms with van der Waals surface area (Å²) >= 11 is 0. The summed E-state index contributed by atoms with van der Waals surface area (Å²) in [6, 6.07) is 9.61. The molecule has 15 heavy (non-hydrogen) atoms. The fraction of sp³-hybridized carbons (Fsp3) is 0.500. The van der Waals surface area contributed by atoms with Crippen LogP contribution in [0.4, 0.5) is 8.78 Å². The Morgan fingerprint density at radius 1 is 1.27 bits per heavy atom. The number of hydrogen-bond acceptors (Lipinski definition) is 1. The minimum absolute atomic E-state index is 0.0468. The van der Waals surface area contributed by atoms with E-state index in [4.69, 9.17) is 0 Å². The van der Waals surface area contributed by atoms with Crippen molar-refractivity contribution in [2.75, 3.05) is 6.61 Å². The van der Waals surface area contributed by atoms with Crippen LogP contribution in [-0.2, 0) is 10.2 Å². The summed E-state index contributed by atoms with van der Waals surface area (Å²) < 4.78 is 28.4. The molecule has 0 bridgehead atoms. The zero-order valence-corrected chi connectivity index (χ0v) is 9.04. The number of ether oxygens (including phenoxy) is 1. The molecule has 0 aliphatic heterocycles. The van der Waals surface area contributed by atoms with Gasteiger partial charge in [-0.3, -0.25) is 0 Å². The first-order chi connectivity index (χ1) is 7.08. The molecule has 3 heteroatoms. The van der Waals surface area contributed by atoms with E-state index in [2.05, 4.69) is 4.74 Å². The number of hydrogen-bond donors (Lipinski definition) is 0. The van der Waals surface area contributed by atoms with Crippen molar-refractivity contribution in [3.63, 3.8) is 0 Å². The van der Waals surface area contributed by atoms with Crippen molar-refractivity contribution in [3.05, 3.63) is 35.9 Å². The van der Waals surface area contributed by atoms with Gasteiger partial charge in [0, 0.05) is 5.41 Å². The highest BCUT2D eigenvalue weighted by Gasteiger charge is 2.26. The van der Waals surface area contributed by atoms with E-state index in [0.29, 0.717) is 0 Å². The molecule has 0 fully saturated rings. The molecule has 84 valence electrons. The molecular formula is C12H16F2O. The highest BCUT2D eigenvalue weighted by atomic mass is 19.3. The molecule has 1 unspecified atom stereocenters. The first-order valence-corrected chi connectivity index (χ1v) is 5.04. The van der Waals surface area contributed by atoms with Crippen molar-refractivity contribution in [1.29, 1.82) is 0 Å². The van der Waals surface area contributed by atoms with Gasteiger partial charge in [0.05, 0.1) is 6.61 Å². The first kappa shape index (κ1) is 12.1. The summed E-state index contributed by atoms with van der Waals surface area (Å²) in [6.07, 6.45) is 0.768. The van der Waals surface area contributed by atoms with E-state index in [1.54, 1.807) is 0 Å². The lowest BCUT2D eigenvalue weighted by molar-refractivity contribution is -0.141. The molecule has 0 N–H and O–H groups in total. The van der Waals surface area contributed by atoms with Crippen LogP contribution in [0.25, 0.3) is 0 Å². The fourth-order valence-electron chi connectivity index (χ4n) is 1.48. The molecule has 1 aromatic carbocycles. The first-order valence-electron chi connectivity index (χ1n) is 5.04. The number of alkyl halides is 2. The molecule has 0 amide bonds. The minimum atomic E-state index is -2.69. The maximum atomic E-state index is 12.0. The third-order valence-electron chi connectivity index (χ3n) is 2.78. The van der Waals surface area contributed by atoms with Crippen LogP contribution in [0.2, 0.25) is 0 Å². The van der Waals surface area contributed by atoms with Gasteiger partial charge in [-0.25, -0.2) is 0 Å². The highest BCUT2D eigenvalue weighted by Crippen LogP contribution is 2.28. The Morgan fingerprint density at radius 2 is 1.87 bits per heavy atom. The molecule has 0 saturated heterocycles. The molecule has 0 spiro atoms. The molecule has 0 aliphatic carbocycles. The van der Waals surface area contributed by atoms with Gasteiger partial charge in [0.15, 0.2) is 0 Å². The van der Waals surface area contributed by atoms with Crippen molar-refractivity contribution >= 4 is 0 Å². The maximum absolute atomic E-state index is 12.0. The summed E-state index contributed by atoms with van der Waals surface area (Å²) in [5.41, 5.74) is 0.700. The average Bonchev–Trinajstić information content (AvgIpc) is 2.27. The van der Waals surface area contributed by atoms with Crippen LogP contribution in [0.15, 0.2) is 30.3 Å². The SMILES string of the molecule is CCC(C)(COC(F)F)c1ccccc1. The van der Waals surface area contributed by atoms with E-state index >= 15 is 0 Å². The third kappa shape index (κ3) is 3.27. The normalized spacial score (nSPS) is 15.3. The predicted octanol–water partition coefficient (Wildman–Crippen LogP) is 3.59. The van der Waals surface area contributed by atoms with E-state index in [1.807, 2.05) is 44.2 Å². The second-order valence-electron chi connectivity index (χ2n) is 3.85. The Hall–Kier alpha value is -0.960. The van der Waals surface area contributed by atoms with Crippen molar-refractivity contribution in [2.24, 2.45) is 0 Å². The summed E-state index contributed by atoms with van der Waals surface area (Å²) in [7, 11) is 0. The number of rotatable bonds is 5. The second kappa shape index (κ2) is 5.21. The Labute approximate surface area is 89.1 Å². The van der Waals surface area contributed by atoms with E-state index in [1.165, 1.54) is 0 Å². The lowest BCUT2D eigenvalue weighted by Crippen LogP contribution is -2.28. The molecule has 1 nitrogen and oxygen atoms in total. The predicted molar refractivity (Wildman–Crippen MR) is 56.0 cm³/mol. The molecule has 0 saturated carbocycles. The molecular weight excluding hydrogens is 198 g/mol. The summed E-state index contributed by atoms with van der Waals surface area (Å²) in [4.78, 5) is 0. The van der Waals surface area contributed by atoms with E-state index < -0.39 is 6.61 Å². The van der Waals surface area contributed by atoms with Gasteiger partial charge in [0.25, 0.3) is 0 Å². The standard InChI is InChI=1S/C12H16F2O/c1-3-12(2,9-15-11(13)14)10-7-5-4-6-8-10/h4-8,11H,3,9H2,1-2H3. The second-order valence-corrected chi connectivity index (χ2v) is 3.85. The third-order valence-corrected chi connectivity index (χ3v) is 2.78. The Morgan fingerprint density at radius 3 is 2.33 bits per heavy atom. The molecule has 1 atom stereocenters. The van der Waals surface area contributed by atoms with Crippen LogP contribution in [0.3, 0.4) is 0 Å². The monoisotopic (exact) mass is 214 g/mol. The maximum Gasteiger partial charge on any atom is 0.345 e. The molecule has 1 rings (SSSR count). The van der Waals surface area contributed by atoms with Crippen molar-refractivity contribution in [3.8, 4) is 0 Å². The topological polar surface area (TPSA) is 9.23 Å². The molecule has 0 aromatic heterocycles. The van der Waals surface area contributed by atoms with Crippen LogP contribution in [0.5, 0.6) is 0 Å². The highest BCUT2D eigenvalue weighted by molar-refractivity contribution is 5.24. The minimum Gasteiger partial charge on any atom is -0.322 e. The van der Waals surface area contributed by atoms with Crippen molar-refractivity contribution in [1.82, 2.24) is 0 Å². The van der Waals surface area contributed by atoms with E-state index in [0.717, 1.165) is 12.0 Å². The van der Waals surface area contributed by atoms with E-state index in [9.17, 15) is 8.78 Å². The van der Waals surface area contributed by atoms with Gasteiger partial charge in [-0.05, 0) is 12.0 Å². The summed E-state index contributed by atoms with van der Waals surface area (Å²) in [6.45, 7) is 1.26. The fourth-order valence-corrected chi connectivity index (χ4v) is 1.48. The van der Waals surface area contributed by atoms with Gasteiger partial charge < -0.3 is 4.74 Å². The lowest BCUT2D eigenvalue weighted by atomic mass is 9.81. The average molecular weight is 214 g/mol. The Kier molecular flexibility index (Phi) is 4.21. The smallest absolute Gasteiger partial charge is 0.322 e. The Balaban J connectivity index is 2.76. The van der Waals surface area contributed by atoms with Crippen LogP contribution in [0.1, 0.15) is 25.8 Å². The molecule has 1 aromatic rings. The van der Waals surface area contributed by atoms with E-state index in [-0.39, 0.29) is 12.0 Å². The van der Waals surface area contributed by atoms with Gasteiger partial charge in [0.1, 0.15) is 0 Å².